The third kappa shape index (κ3) is 3.94. The fraction of sp³-hybridized carbons (Fsp3) is 0.421. The van der Waals surface area contributed by atoms with Gasteiger partial charge in [-0.3, -0.25) is 4.79 Å². The minimum Gasteiger partial charge on any atom is -0.365 e. The van der Waals surface area contributed by atoms with Crippen molar-refractivity contribution in [3.8, 4) is 0 Å². The van der Waals surface area contributed by atoms with Gasteiger partial charge in [0.15, 0.2) is 0 Å². The molecule has 2 aromatic rings. The number of nitrogens with one attached hydrogen (secondary N) is 1. The second-order valence-corrected chi connectivity index (χ2v) is 6.91. The Bertz CT molecular complexity index is 776. The monoisotopic (exact) mass is 354 g/mol. The quantitative estimate of drug-likeness (QED) is 0.760. The summed E-state index contributed by atoms with van der Waals surface area (Å²) in [5, 5.41) is 3.18. The Balaban J connectivity index is 1.90. The Labute approximate surface area is 153 Å². The number of carbonyl (C=O) groups excluding carboxylic acids is 1. The summed E-state index contributed by atoms with van der Waals surface area (Å²) < 4.78 is 0. The van der Waals surface area contributed by atoms with E-state index in [9.17, 15) is 4.79 Å². The molecule has 1 aliphatic rings. The molecule has 1 aromatic heterocycles. The minimum atomic E-state index is -0.566. The molecule has 2 atom stereocenters. The van der Waals surface area contributed by atoms with Gasteiger partial charge in [0, 0.05) is 31.0 Å². The van der Waals surface area contributed by atoms with E-state index < -0.39 is 5.91 Å². The maximum Gasteiger partial charge on any atom is 0.254 e. The van der Waals surface area contributed by atoms with Crippen molar-refractivity contribution in [3.63, 3.8) is 0 Å². The molecule has 7 heteroatoms. The standard InChI is InChI=1S/C19H26N6O/c1-12-7-9-13(10-8-12)23-18-14(17(21)26)11-22-19(24-18)25(2)16-6-4-3-5-15(16)20/h7-11,15-16H,3-6,20H2,1-2H3,(H2,21,26)(H,22,23,24). The number of anilines is 3. The number of hydrogen-bond donors (Lipinski definition) is 3. The van der Waals surface area contributed by atoms with Crippen LogP contribution in [0.2, 0.25) is 0 Å². The SMILES string of the molecule is Cc1ccc(Nc2nc(N(C)C3CCCCC3N)ncc2C(N)=O)cc1. The Hall–Kier alpha value is -2.67. The van der Waals surface area contributed by atoms with E-state index in [0.717, 1.165) is 36.9 Å². The Morgan fingerprint density at radius 2 is 1.92 bits per heavy atom. The molecular formula is C19H26N6O. The fourth-order valence-electron chi connectivity index (χ4n) is 3.36. The lowest BCUT2D eigenvalue weighted by Crippen LogP contribution is -2.48. The Morgan fingerprint density at radius 3 is 2.58 bits per heavy atom. The van der Waals surface area contributed by atoms with Gasteiger partial charge < -0.3 is 21.7 Å². The van der Waals surface area contributed by atoms with E-state index >= 15 is 0 Å². The maximum atomic E-state index is 11.8. The normalized spacial score (nSPS) is 19.8. The van der Waals surface area contributed by atoms with Crippen LogP contribution in [0.5, 0.6) is 0 Å². The van der Waals surface area contributed by atoms with Gasteiger partial charge in [-0.05, 0) is 31.9 Å². The van der Waals surface area contributed by atoms with Crippen molar-refractivity contribution in [1.82, 2.24) is 9.97 Å². The number of carbonyl (C=O) groups is 1. The second-order valence-electron chi connectivity index (χ2n) is 6.91. The molecule has 1 heterocycles. The van der Waals surface area contributed by atoms with Crippen molar-refractivity contribution in [2.24, 2.45) is 11.5 Å². The van der Waals surface area contributed by atoms with Crippen molar-refractivity contribution < 1.29 is 4.79 Å². The van der Waals surface area contributed by atoms with E-state index in [2.05, 4.69) is 15.3 Å². The van der Waals surface area contributed by atoms with Gasteiger partial charge in [0.25, 0.3) is 5.91 Å². The Kier molecular flexibility index (Phi) is 5.37. The first-order valence-electron chi connectivity index (χ1n) is 8.94. The van der Waals surface area contributed by atoms with Crippen molar-refractivity contribution in [3.05, 3.63) is 41.6 Å². The maximum absolute atomic E-state index is 11.8. The number of amides is 1. The van der Waals surface area contributed by atoms with Gasteiger partial charge in [-0.15, -0.1) is 0 Å². The first kappa shape index (κ1) is 18.1. The highest BCUT2D eigenvalue weighted by Crippen LogP contribution is 2.26. The van der Waals surface area contributed by atoms with Gasteiger partial charge in [-0.2, -0.15) is 4.98 Å². The molecule has 1 aromatic carbocycles. The zero-order valence-electron chi connectivity index (χ0n) is 15.3. The van der Waals surface area contributed by atoms with Crippen LogP contribution in [0.3, 0.4) is 0 Å². The number of nitrogens with two attached hydrogens (primary N) is 2. The number of rotatable bonds is 5. The molecule has 0 saturated heterocycles. The zero-order valence-corrected chi connectivity index (χ0v) is 15.3. The molecule has 0 aliphatic heterocycles. The highest BCUT2D eigenvalue weighted by atomic mass is 16.1. The van der Waals surface area contributed by atoms with Crippen LogP contribution in [0.15, 0.2) is 30.5 Å². The fourth-order valence-corrected chi connectivity index (χ4v) is 3.36. The molecule has 0 radical (unpaired) electrons. The highest BCUT2D eigenvalue weighted by Gasteiger charge is 2.27. The number of likely N-dealkylation sites (N-methyl/N-ethyl adjacent to an activating group) is 1. The van der Waals surface area contributed by atoms with Crippen LogP contribution >= 0.6 is 0 Å². The molecule has 1 saturated carbocycles. The molecule has 26 heavy (non-hydrogen) atoms. The first-order valence-corrected chi connectivity index (χ1v) is 8.94. The Morgan fingerprint density at radius 1 is 1.23 bits per heavy atom. The molecule has 0 bridgehead atoms. The molecule has 2 unspecified atom stereocenters. The van der Waals surface area contributed by atoms with Crippen molar-refractivity contribution >= 4 is 23.4 Å². The topological polar surface area (TPSA) is 110 Å². The molecule has 7 nitrogen and oxygen atoms in total. The van der Waals surface area contributed by atoms with Crippen LogP contribution in [-0.2, 0) is 0 Å². The predicted octanol–water partition coefficient (Wildman–Crippen LogP) is 2.33. The van der Waals surface area contributed by atoms with E-state index in [1.807, 2.05) is 43.1 Å². The largest absolute Gasteiger partial charge is 0.365 e. The summed E-state index contributed by atoms with van der Waals surface area (Å²) in [6.45, 7) is 2.02. The number of nitrogens with zero attached hydrogens (tertiary/aromatic N) is 3. The number of benzene rings is 1. The van der Waals surface area contributed by atoms with Crippen LogP contribution in [0, 0.1) is 6.92 Å². The van der Waals surface area contributed by atoms with E-state index in [1.54, 1.807) is 0 Å². The number of hydrogen-bond acceptors (Lipinski definition) is 6. The highest BCUT2D eigenvalue weighted by molar-refractivity contribution is 5.98. The summed E-state index contributed by atoms with van der Waals surface area (Å²) in [5.74, 6) is 0.373. The first-order chi connectivity index (χ1) is 12.5. The van der Waals surface area contributed by atoms with E-state index in [0.29, 0.717) is 11.8 Å². The van der Waals surface area contributed by atoms with Gasteiger partial charge in [0.05, 0.1) is 0 Å². The number of aromatic nitrogens is 2. The van der Waals surface area contributed by atoms with Crippen LogP contribution in [-0.4, -0.2) is 35.0 Å². The third-order valence-corrected chi connectivity index (χ3v) is 4.95. The van der Waals surface area contributed by atoms with Crippen molar-refractivity contribution in [1.29, 1.82) is 0 Å². The van der Waals surface area contributed by atoms with Crippen LogP contribution < -0.4 is 21.7 Å². The summed E-state index contributed by atoms with van der Waals surface area (Å²) in [5.41, 5.74) is 14.0. The molecule has 0 spiro atoms. The summed E-state index contributed by atoms with van der Waals surface area (Å²) in [6.07, 6.45) is 5.80. The van der Waals surface area contributed by atoms with Crippen molar-refractivity contribution in [2.75, 3.05) is 17.3 Å². The van der Waals surface area contributed by atoms with Crippen LogP contribution in [0.1, 0.15) is 41.6 Å². The third-order valence-electron chi connectivity index (χ3n) is 4.95. The van der Waals surface area contributed by atoms with Crippen molar-refractivity contribution in [2.45, 2.75) is 44.7 Å². The van der Waals surface area contributed by atoms with E-state index in [-0.39, 0.29) is 17.6 Å². The van der Waals surface area contributed by atoms with Crippen LogP contribution in [0.25, 0.3) is 0 Å². The lowest BCUT2D eigenvalue weighted by atomic mass is 9.90. The summed E-state index contributed by atoms with van der Waals surface area (Å²) >= 11 is 0. The van der Waals surface area contributed by atoms with Gasteiger partial charge in [0.2, 0.25) is 5.95 Å². The van der Waals surface area contributed by atoms with E-state index in [1.165, 1.54) is 6.20 Å². The van der Waals surface area contributed by atoms with E-state index in [4.69, 9.17) is 11.5 Å². The predicted molar refractivity (Wildman–Crippen MR) is 104 cm³/mol. The van der Waals surface area contributed by atoms with Gasteiger partial charge in [-0.1, -0.05) is 30.5 Å². The van der Waals surface area contributed by atoms with Gasteiger partial charge >= 0.3 is 0 Å². The molecule has 1 aliphatic carbocycles. The van der Waals surface area contributed by atoms with Crippen LogP contribution in [0.4, 0.5) is 17.5 Å². The lowest BCUT2D eigenvalue weighted by molar-refractivity contribution is 0.100. The average Bonchev–Trinajstić information content (AvgIpc) is 2.63. The summed E-state index contributed by atoms with van der Waals surface area (Å²) in [4.78, 5) is 22.7. The zero-order chi connectivity index (χ0) is 18.7. The molecule has 1 fully saturated rings. The molecule has 5 N–H and O–H groups in total. The second kappa shape index (κ2) is 7.70. The summed E-state index contributed by atoms with van der Waals surface area (Å²) in [6, 6.07) is 8.13. The molecule has 3 rings (SSSR count). The lowest BCUT2D eigenvalue weighted by Gasteiger charge is -2.36. The van der Waals surface area contributed by atoms with Gasteiger partial charge in [-0.25, -0.2) is 4.98 Å². The molecular weight excluding hydrogens is 328 g/mol. The average molecular weight is 354 g/mol. The number of primary amides is 1. The summed E-state index contributed by atoms with van der Waals surface area (Å²) in [7, 11) is 1.95. The molecule has 1 amide bonds. The number of aryl methyl sites for hydroxylation is 1. The smallest absolute Gasteiger partial charge is 0.254 e. The van der Waals surface area contributed by atoms with Gasteiger partial charge in [0.1, 0.15) is 11.4 Å². The molecule has 138 valence electrons. The minimum absolute atomic E-state index is 0.0988.